The first-order valence-electron chi connectivity index (χ1n) is 9.34. The second-order valence-corrected chi connectivity index (χ2v) is 7.01. The van der Waals surface area contributed by atoms with E-state index < -0.39 is 11.5 Å². The second kappa shape index (κ2) is 11.3. The Morgan fingerprint density at radius 1 is 1.20 bits per heavy atom. The van der Waals surface area contributed by atoms with Crippen LogP contribution in [0.3, 0.4) is 0 Å². The zero-order valence-electron chi connectivity index (χ0n) is 15.7. The number of nitrogens with zero attached hydrogens (tertiary/aromatic N) is 1. The van der Waals surface area contributed by atoms with Gasteiger partial charge in [0, 0.05) is 6.54 Å². The average molecular weight is 348 g/mol. The van der Waals surface area contributed by atoms with Crippen molar-refractivity contribution in [2.75, 3.05) is 13.1 Å². The fourth-order valence-electron chi connectivity index (χ4n) is 3.03. The molecule has 0 spiro atoms. The molecule has 0 aliphatic heterocycles. The summed E-state index contributed by atoms with van der Waals surface area (Å²) in [7, 11) is 0. The molecule has 1 aromatic rings. The number of nitrogens with two attached hydrogens (primary N) is 1. The van der Waals surface area contributed by atoms with Gasteiger partial charge in [-0.1, -0.05) is 56.9 Å². The van der Waals surface area contributed by atoms with Crippen molar-refractivity contribution >= 4 is 12.9 Å². The summed E-state index contributed by atoms with van der Waals surface area (Å²) < 4.78 is 0. The monoisotopic (exact) mass is 348 g/mol. The first-order valence-corrected chi connectivity index (χ1v) is 9.34. The SMILES string of the molecule is CCN(CCCC(N)(CCCCB(C)O)C(=O)O)Cc1ccccc1. The summed E-state index contributed by atoms with van der Waals surface area (Å²) in [6.07, 6.45) is 3.92. The summed E-state index contributed by atoms with van der Waals surface area (Å²) >= 11 is 0. The molecule has 0 amide bonds. The van der Waals surface area contributed by atoms with Gasteiger partial charge in [-0.25, -0.2) is 0 Å². The molecule has 0 aromatic heterocycles. The van der Waals surface area contributed by atoms with Gasteiger partial charge >= 0.3 is 5.97 Å². The Kier molecular flexibility index (Phi) is 9.79. The van der Waals surface area contributed by atoms with Crippen molar-refractivity contribution in [1.29, 1.82) is 0 Å². The lowest BCUT2D eigenvalue weighted by Gasteiger charge is -2.27. The van der Waals surface area contributed by atoms with Crippen LogP contribution >= 0.6 is 0 Å². The molecule has 0 saturated carbocycles. The molecule has 5 nitrogen and oxygen atoms in total. The Morgan fingerprint density at radius 2 is 1.84 bits per heavy atom. The number of aliphatic carboxylic acids is 1. The van der Waals surface area contributed by atoms with E-state index in [-0.39, 0.29) is 6.92 Å². The summed E-state index contributed by atoms with van der Waals surface area (Å²) in [4.78, 5) is 13.9. The van der Waals surface area contributed by atoms with E-state index in [2.05, 4.69) is 24.0 Å². The highest BCUT2D eigenvalue weighted by Gasteiger charge is 2.32. The van der Waals surface area contributed by atoms with Gasteiger partial charge in [0.1, 0.15) is 5.54 Å². The molecule has 1 rings (SSSR count). The topological polar surface area (TPSA) is 86.8 Å². The third-order valence-electron chi connectivity index (χ3n) is 4.71. The predicted molar refractivity (Wildman–Crippen MR) is 104 cm³/mol. The van der Waals surface area contributed by atoms with Crippen LogP contribution in [-0.2, 0) is 11.3 Å². The van der Waals surface area contributed by atoms with Crippen molar-refractivity contribution in [2.45, 2.75) is 64.3 Å². The molecule has 1 aromatic carbocycles. The van der Waals surface area contributed by atoms with Crippen molar-refractivity contribution in [1.82, 2.24) is 4.90 Å². The van der Waals surface area contributed by atoms with Crippen LogP contribution in [0.1, 0.15) is 44.6 Å². The van der Waals surface area contributed by atoms with E-state index in [0.29, 0.717) is 19.2 Å². The van der Waals surface area contributed by atoms with Gasteiger partial charge in [0.2, 0.25) is 0 Å². The fourth-order valence-corrected chi connectivity index (χ4v) is 3.03. The highest BCUT2D eigenvalue weighted by molar-refractivity contribution is 6.48. The molecule has 0 aliphatic carbocycles. The minimum atomic E-state index is -1.16. The number of carboxylic acid groups (broad SMARTS) is 1. The van der Waals surface area contributed by atoms with Crippen molar-refractivity contribution in [2.24, 2.45) is 5.73 Å². The fraction of sp³-hybridized carbons (Fsp3) is 0.632. The number of hydrogen-bond donors (Lipinski definition) is 3. The molecule has 6 heteroatoms. The second-order valence-electron chi connectivity index (χ2n) is 7.01. The highest BCUT2D eigenvalue weighted by Crippen LogP contribution is 2.20. The zero-order chi connectivity index (χ0) is 18.7. The van der Waals surface area contributed by atoms with Crippen molar-refractivity contribution in [3.63, 3.8) is 0 Å². The number of hydrogen-bond acceptors (Lipinski definition) is 4. The summed E-state index contributed by atoms with van der Waals surface area (Å²) in [5.74, 6) is -0.921. The Morgan fingerprint density at radius 3 is 2.40 bits per heavy atom. The number of unbranched alkanes of at least 4 members (excludes halogenated alkanes) is 1. The lowest BCUT2D eigenvalue weighted by Crippen LogP contribution is -2.48. The molecule has 140 valence electrons. The lowest BCUT2D eigenvalue weighted by molar-refractivity contribution is -0.144. The van der Waals surface area contributed by atoms with Crippen LogP contribution in [0.15, 0.2) is 30.3 Å². The van der Waals surface area contributed by atoms with Crippen LogP contribution in [0.4, 0.5) is 0 Å². The maximum Gasteiger partial charge on any atom is 0.323 e. The van der Waals surface area contributed by atoms with Gasteiger partial charge in [-0.15, -0.1) is 0 Å². The third-order valence-corrected chi connectivity index (χ3v) is 4.71. The maximum absolute atomic E-state index is 11.6. The van der Waals surface area contributed by atoms with Crippen LogP contribution in [0.25, 0.3) is 0 Å². The van der Waals surface area contributed by atoms with E-state index in [0.717, 1.165) is 38.9 Å². The van der Waals surface area contributed by atoms with E-state index in [4.69, 9.17) is 5.73 Å². The molecular weight excluding hydrogens is 315 g/mol. The van der Waals surface area contributed by atoms with Gasteiger partial charge in [-0.3, -0.25) is 9.69 Å². The first kappa shape index (κ1) is 21.7. The summed E-state index contributed by atoms with van der Waals surface area (Å²) in [6, 6.07) is 10.3. The van der Waals surface area contributed by atoms with Crippen LogP contribution < -0.4 is 5.73 Å². The van der Waals surface area contributed by atoms with Crippen molar-refractivity contribution in [3.05, 3.63) is 35.9 Å². The van der Waals surface area contributed by atoms with E-state index in [1.165, 1.54) is 5.56 Å². The molecule has 0 saturated heterocycles. The lowest BCUT2D eigenvalue weighted by atomic mass is 9.66. The van der Waals surface area contributed by atoms with Gasteiger partial charge in [0.15, 0.2) is 0 Å². The van der Waals surface area contributed by atoms with Crippen molar-refractivity contribution in [3.8, 4) is 0 Å². The van der Waals surface area contributed by atoms with Gasteiger partial charge < -0.3 is 15.9 Å². The molecule has 0 aliphatic rings. The van der Waals surface area contributed by atoms with E-state index in [1.54, 1.807) is 6.82 Å². The Balaban J connectivity index is 2.43. The van der Waals surface area contributed by atoms with Gasteiger partial charge in [0.05, 0.1) is 0 Å². The molecule has 0 fully saturated rings. The van der Waals surface area contributed by atoms with Crippen LogP contribution in [-0.4, -0.2) is 46.5 Å². The largest absolute Gasteiger partial charge is 0.480 e. The molecule has 0 bridgehead atoms. The van der Waals surface area contributed by atoms with Crippen LogP contribution in [0.2, 0.25) is 13.1 Å². The van der Waals surface area contributed by atoms with Crippen LogP contribution in [0.5, 0.6) is 0 Å². The summed E-state index contributed by atoms with van der Waals surface area (Å²) in [5.41, 5.74) is 6.26. The minimum absolute atomic E-state index is 0.340. The maximum atomic E-state index is 11.6. The number of carboxylic acids is 1. The molecule has 1 unspecified atom stereocenters. The quantitative estimate of drug-likeness (QED) is 0.377. The highest BCUT2D eigenvalue weighted by atomic mass is 16.4. The average Bonchev–Trinajstić information content (AvgIpc) is 2.58. The van der Waals surface area contributed by atoms with E-state index >= 15 is 0 Å². The zero-order valence-corrected chi connectivity index (χ0v) is 15.7. The van der Waals surface area contributed by atoms with Gasteiger partial charge in [0.25, 0.3) is 6.92 Å². The van der Waals surface area contributed by atoms with Crippen molar-refractivity contribution < 1.29 is 14.9 Å². The molecule has 4 N–H and O–H groups in total. The predicted octanol–water partition coefficient (Wildman–Crippen LogP) is 2.85. The minimum Gasteiger partial charge on any atom is -0.480 e. The molecule has 25 heavy (non-hydrogen) atoms. The summed E-state index contributed by atoms with van der Waals surface area (Å²) in [6.45, 7) is 6.16. The van der Waals surface area contributed by atoms with E-state index in [9.17, 15) is 14.9 Å². The normalized spacial score (nSPS) is 13.6. The van der Waals surface area contributed by atoms with E-state index in [1.807, 2.05) is 18.2 Å². The van der Waals surface area contributed by atoms with Gasteiger partial charge in [-0.05, 0) is 44.2 Å². The summed E-state index contributed by atoms with van der Waals surface area (Å²) in [5, 5.41) is 18.8. The smallest absolute Gasteiger partial charge is 0.323 e. The number of rotatable bonds is 13. The van der Waals surface area contributed by atoms with Crippen LogP contribution in [0, 0.1) is 0 Å². The molecule has 1 atom stereocenters. The third kappa shape index (κ3) is 8.52. The Labute approximate surface area is 152 Å². The van der Waals surface area contributed by atoms with Gasteiger partial charge in [-0.2, -0.15) is 0 Å². The molecule has 0 radical (unpaired) electrons. The standard InChI is InChI=1S/C19H33BN2O3/c1-3-22(16-17-10-5-4-6-11-17)15-9-13-19(21,18(23)24)12-7-8-14-20(2)25/h4-6,10-11,25H,3,7-9,12-16,21H2,1-2H3,(H,23,24). The Bertz CT molecular complexity index is 499. The molecular formula is C19H33BN2O3. The number of benzene rings is 1. The first-order chi connectivity index (χ1) is 11.9. The number of carbonyl (C=O) groups is 1. The Hall–Kier alpha value is -1.37. The molecule has 0 heterocycles.